The maximum atomic E-state index is 12.8. The summed E-state index contributed by atoms with van der Waals surface area (Å²) < 4.78 is 1.48. The minimum absolute atomic E-state index is 0.00642. The number of hydrogen-bond acceptors (Lipinski definition) is 4. The summed E-state index contributed by atoms with van der Waals surface area (Å²) in [5.74, 6) is 0.464. The molecule has 6 heteroatoms. The third kappa shape index (κ3) is 3.58. The predicted molar refractivity (Wildman–Crippen MR) is 118 cm³/mol. The van der Waals surface area contributed by atoms with E-state index in [2.05, 4.69) is 27.8 Å². The molecule has 2 aromatic carbocycles. The van der Waals surface area contributed by atoms with Crippen molar-refractivity contribution in [3.05, 3.63) is 70.1 Å². The van der Waals surface area contributed by atoms with Gasteiger partial charge < -0.3 is 10.6 Å². The zero-order valence-electron chi connectivity index (χ0n) is 16.9. The van der Waals surface area contributed by atoms with Gasteiger partial charge in [0.05, 0.1) is 11.6 Å². The van der Waals surface area contributed by atoms with Gasteiger partial charge in [0.25, 0.3) is 0 Å². The standard InChI is InChI=1S/C24H26N4O2/c29-22(26-20-14-13-16-7-1-4-10-18(16)20)15-28-21-12-6-5-11-19(21)23(27-24(28)30)25-17-8-2-3-9-17/h1,4-7,10-12,17,20H,2-3,8-9,13-15H2,(H,26,29)(H,25,27,30). The van der Waals surface area contributed by atoms with Gasteiger partial charge in [-0.25, -0.2) is 4.79 Å². The van der Waals surface area contributed by atoms with Crippen LogP contribution in [0.4, 0.5) is 5.82 Å². The Morgan fingerprint density at radius 3 is 2.67 bits per heavy atom. The monoisotopic (exact) mass is 402 g/mol. The average Bonchev–Trinajstić information content (AvgIpc) is 3.41. The highest BCUT2D eigenvalue weighted by atomic mass is 16.2. The van der Waals surface area contributed by atoms with Crippen LogP contribution >= 0.6 is 0 Å². The second kappa shape index (κ2) is 7.94. The number of carbonyl (C=O) groups excluding carboxylic acids is 1. The van der Waals surface area contributed by atoms with E-state index in [1.165, 1.54) is 28.5 Å². The van der Waals surface area contributed by atoms with Crippen LogP contribution in [0.15, 0.2) is 53.3 Å². The first-order valence-corrected chi connectivity index (χ1v) is 10.8. The molecule has 2 aliphatic rings. The molecule has 1 fully saturated rings. The van der Waals surface area contributed by atoms with Gasteiger partial charge in [-0.05, 0) is 48.9 Å². The first-order valence-electron chi connectivity index (χ1n) is 10.8. The number of aryl methyl sites for hydroxylation is 1. The fraction of sp³-hybridized carbons (Fsp3) is 0.375. The minimum atomic E-state index is -0.392. The van der Waals surface area contributed by atoms with Gasteiger partial charge in [-0.3, -0.25) is 9.36 Å². The highest BCUT2D eigenvalue weighted by Gasteiger charge is 2.24. The quantitative estimate of drug-likeness (QED) is 0.684. The van der Waals surface area contributed by atoms with E-state index >= 15 is 0 Å². The third-order valence-electron chi connectivity index (χ3n) is 6.35. The molecule has 0 radical (unpaired) electrons. The van der Waals surface area contributed by atoms with Crippen molar-refractivity contribution in [2.45, 2.75) is 57.2 Å². The van der Waals surface area contributed by atoms with Crippen molar-refractivity contribution in [2.75, 3.05) is 5.32 Å². The molecule has 2 aliphatic carbocycles. The summed E-state index contributed by atoms with van der Waals surface area (Å²) in [7, 11) is 0. The van der Waals surface area contributed by atoms with Crippen LogP contribution in [0.3, 0.4) is 0 Å². The van der Waals surface area contributed by atoms with Crippen LogP contribution in [0.25, 0.3) is 10.9 Å². The molecule has 1 unspecified atom stereocenters. The van der Waals surface area contributed by atoms with Gasteiger partial charge in [0, 0.05) is 11.4 Å². The van der Waals surface area contributed by atoms with E-state index in [1.807, 2.05) is 36.4 Å². The van der Waals surface area contributed by atoms with Crippen molar-refractivity contribution in [1.82, 2.24) is 14.9 Å². The molecular formula is C24H26N4O2. The molecule has 154 valence electrons. The Morgan fingerprint density at radius 2 is 1.80 bits per heavy atom. The number of anilines is 1. The molecule has 1 atom stereocenters. The van der Waals surface area contributed by atoms with Crippen LogP contribution in [-0.4, -0.2) is 21.5 Å². The Morgan fingerprint density at radius 1 is 1.03 bits per heavy atom. The van der Waals surface area contributed by atoms with Gasteiger partial charge in [0.1, 0.15) is 12.4 Å². The summed E-state index contributed by atoms with van der Waals surface area (Å²) in [6, 6.07) is 16.3. The Hall–Kier alpha value is -3.15. The molecule has 0 bridgehead atoms. The van der Waals surface area contributed by atoms with Crippen molar-refractivity contribution < 1.29 is 4.79 Å². The van der Waals surface area contributed by atoms with Gasteiger partial charge in [0.15, 0.2) is 0 Å². The first kappa shape index (κ1) is 18.9. The number of para-hydroxylation sites is 1. The zero-order chi connectivity index (χ0) is 20.5. The zero-order valence-corrected chi connectivity index (χ0v) is 16.9. The number of fused-ring (bicyclic) bond motifs is 2. The number of rotatable bonds is 5. The van der Waals surface area contributed by atoms with Gasteiger partial charge in [0.2, 0.25) is 5.91 Å². The summed E-state index contributed by atoms with van der Waals surface area (Å²) in [5, 5.41) is 7.43. The molecule has 3 aromatic rings. The summed E-state index contributed by atoms with van der Waals surface area (Å²) in [5.41, 5.74) is 2.81. The fourth-order valence-corrected chi connectivity index (χ4v) is 4.85. The van der Waals surface area contributed by atoms with E-state index in [0.29, 0.717) is 11.9 Å². The smallest absolute Gasteiger partial charge is 0.350 e. The number of benzene rings is 2. The molecule has 0 saturated heterocycles. The molecule has 2 N–H and O–H groups in total. The highest BCUT2D eigenvalue weighted by molar-refractivity contribution is 5.90. The Kier molecular flexibility index (Phi) is 4.99. The van der Waals surface area contributed by atoms with Gasteiger partial charge in [-0.2, -0.15) is 4.98 Å². The van der Waals surface area contributed by atoms with Crippen molar-refractivity contribution in [2.24, 2.45) is 0 Å². The largest absolute Gasteiger partial charge is 0.367 e. The van der Waals surface area contributed by atoms with Crippen molar-refractivity contribution in [3.63, 3.8) is 0 Å². The Labute approximate surface area is 175 Å². The van der Waals surface area contributed by atoms with E-state index < -0.39 is 5.69 Å². The lowest BCUT2D eigenvalue weighted by Crippen LogP contribution is -2.35. The molecule has 1 heterocycles. The van der Waals surface area contributed by atoms with Crippen LogP contribution < -0.4 is 16.3 Å². The van der Waals surface area contributed by atoms with Gasteiger partial charge >= 0.3 is 5.69 Å². The van der Waals surface area contributed by atoms with Gasteiger partial charge in [-0.15, -0.1) is 0 Å². The summed E-state index contributed by atoms with van der Waals surface area (Å²) in [6.45, 7) is -0.0330. The van der Waals surface area contributed by atoms with Crippen molar-refractivity contribution in [1.29, 1.82) is 0 Å². The summed E-state index contributed by atoms with van der Waals surface area (Å²) >= 11 is 0. The Bertz CT molecular complexity index is 1150. The third-order valence-corrected chi connectivity index (χ3v) is 6.35. The van der Waals surface area contributed by atoms with Crippen LogP contribution in [0.1, 0.15) is 49.3 Å². The van der Waals surface area contributed by atoms with E-state index in [-0.39, 0.29) is 18.5 Å². The second-order valence-electron chi connectivity index (χ2n) is 8.33. The second-order valence-corrected chi connectivity index (χ2v) is 8.33. The lowest BCUT2D eigenvalue weighted by Gasteiger charge is -2.18. The lowest BCUT2D eigenvalue weighted by atomic mass is 10.1. The molecule has 5 rings (SSSR count). The van der Waals surface area contributed by atoms with E-state index in [1.54, 1.807) is 0 Å². The Balaban J connectivity index is 1.40. The summed E-state index contributed by atoms with van der Waals surface area (Å²) in [6.07, 6.45) is 6.47. The fourth-order valence-electron chi connectivity index (χ4n) is 4.85. The maximum Gasteiger partial charge on any atom is 0.350 e. The van der Waals surface area contributed by atoms with Crippen LogP contribution in [0.5, 0.6) is 0 Å². The molecular weight excluding hydrogens is 376 g/mol. The number of amides is 1. The molecule has 1 aromatic heterocycles. The van der Waals surface area contributed by atoms with E-state index in [0.717, 1.165) is 36.6 Å². The molecule has 30 heavy (non-hydrogen) atoms. The van der Waals surface area contributed by atoms with Gasteiger partial charge in [-0.1, -0.05) is 49.2 Å². The number of nitrogens with one attached hydrogen (secondary N) is 2. The number of carbonyl (C=O) groups is 1. The van der Waals surface area contributed by atoms with Crippen LogP contribution in [0.2, 0.25) is 0 Å². The molecule has 1 saturated carbocycles. The summed E-state index contributed by atoms with van der Waals surface area (Å²) in [4.78, 5) is 30.0. The molecule has 6 nitrogen and oxygen atoms in total. The number of aromatic nitrogens is 2. The number of nitrogens with zero attached hydrogens (tertiary/aromatic N) is 2. The highest BCUT2D eigenvalue weighted by Crippen LogP contribution is 2.30. The SMILES string of the molecule is O=C(Cn1c(=O)nc(NC2CCCC2)c2ccccc21)NC1CCc2ccccc21. The maximum absolute atomic E-state index is 12.8. The normalized spacial score (nSPS) is 18.5. The lowest BCUT2D eigenvalue weighted by molar-refractivity contribution is -0.122. The number of hydrogen-bond donors (Lipinski definition) is 2. The minimum Gasteiger partial charge on any atom is -0.367 e. The van der Waals surface area contributed by atoms with Crippen LogP contribution in [0, 0.1) is 0 Å². The molecule has 1 amide bonds. The molecule has 0 spiro atoms. The van der Waals surface area contributed by atoms with Crippen molar-refractivity contribution in [3.8, 4) is 0 Å². The van der Waals surface area contributed by atoms with Crippen molar-refractivity contribution >= 4 is 22.6 Å². The predicted octanol–water partition coefficient (Wildman–Crippen LogP) is 3.55. The van der Waals surface area contributed by atoms with Crippen LogP contribution in [-0.2, 0) is 17.8 Å². The molecule has 0 aliphatic heterocycles. The topological polar surface area (TPSA) is 76.0 Å². The first-order chi connectivity index (χ1) is 14.7. The van der Waals surface area contributed by atoms with E-state index in [4.69, 9.17) is 0 Å². The average molecular weight is 402 g/mol. The van der Waals surface area contributed by atoms with E-state index in [9.17, 15) is 9.59 Å².